The van der Waals surface area contributed by atoms with Gasteiger partial charge in [-0.3, -0.25) is 0 Å². The van der Waals surface area contributed by atoms with Crippen LogP contribution in [-0.2, 0) is 16.6 Å². The molecule has 0 radical (unpaired) electrons. The van der Waals surface area contributed by atoms with Crippen LogP contribution in [0.25, 0.3) is 0 Å². The zero-order valence-corrected chi connectivity index (χ0v) is 14.5. The molecule has 0 aromatic heterocycles. The molecule has 0 atom stereocenters. The van der Waals surface area contributed by atoms with Crippen LogP contribution in [0.3, 0.4) is 0 Å². The Bertz CT molecular complexity index is 783. The summed E-state index contributed by atoms with van der Waals surface area (Å²) in [5.74, 6) is 0.793. The second-order valence-electron chi connectivity index (χ2n) is 5.28. The molecular formula is C17H21NO4S. The summed E-state index contributed by atoms with van der Waals surface area (Å²) in [6, 6.07) is 10.8. The zero-order chi connectivity index (χ0) is 17.0. The molecule has 23 heavy (non-hydrogen) atoms. The molecule has 0 aliphatic heterocycles. The molecule has 0 fully saturated rings. The first kappa shape index (κ1) is 17.3. The average molecular weight is 335 g/mol. The number of ether oxygens (including phenoxy) is 2. The van der Waals surface area contributed by atoms with Crippen LogP contribution in [0.1, 0.15) is 16.7 Å². The number of nitrogens with one attached hydrogen (secondary N) is 1. The summed E-state index contributed by atoms with van der Waals surface area (Å²) in [6.45, 7) is 4.02. The van der Waals surface area contributed by atoms with Gasteiger partial charge in [-0.25, -0.2) is 13.1 Å². The van der Waals surface area contributed by atoms with Crippen molar-refractivity contribution in [2.24, 2.45) is 0 Å². The fourth-order valence-corrected chi connectivity index (χ4v) is 3.38. The Morgan fingerprint density at radius 2 is 1.57 bits per heavy atom. The Morgan fingerprint density at radius 3 is 2.13 bits per heavy atom. The van der Waals surface area contributed by atoms with Gasteiger partial charge in [-0.05, 0) is 31.0 Å². The summed E-state index contributed by atoms with van der Waals surface area (Å²) in [6.07, 6.45) is 0. The molecule has 0 saturated heterocycles. The van der Waals surface area contributed by atoms with Crippen molar-refractivity contribution in [2.75, 3.05) is 14.2 Å². The summed E-state index contributed by atoms with van der Waals surface area (Å²) >= 11 is 0. The van der Waals surface area contributed by atoms with E-state index in [4.69, 9.17) is 9.47 Å². The Balaban J connectivity index is 2.29. The fraction of sp³-hybridized carbons (Fsp3) is 0.294. The third-order valence-electron chi connectivity index (χ3n) is 3.56. The van der Waals surface area contributed by atoms with Crippen molar-refractivity contribution in [2.45, 2.75) is 25.3 Å². The minimum Gasteiger partial charge on any atom is -0.496 e. The minimum absolute atomic E-state index is 0.0644. The van der Waals surface area contributed by atoms with E-state index >= 15 is 0 Å². The number of hydrogen-bond acceptors (Lipinski definition) is 4. The van der Waals surface area contributed by atoms with Gasteiger partial charge in [0.05, 0.1) is 14.2 Å². The number of benzene rings is 2. The number of aryl methyl sites for hydroxylation is 2. The second kappa shape index (κ2) is 7.02. The van der Waals surface area contributed by atoms with E-state index in [0.717, 1.165) is 16.7 Å². The van der Waals surface area contributed by atoms with Crippen molar-refractivity contribution in [1.29, 1.82) is 0 Å². The molecule has 6 heteroatoms. The number of hydrogen-bond donors (Lipinski definition) is 1. The van der Waals surface area contributed by atoms with Crippen LogP contribution in [0.2, 0.25) is 0 Å². The lowest BCUT2D eigenvalue weighted by Crippen LogP contribution is -2.24. The van der Waals surface area contributed by atoms with Crippen molar-refractivity contribution < 1.29 is 17.9 Å². The van der Waals surface area contributed by atoms with E-state index < -0.39 is 10.0 Å². The van der Waals surface area contributed by atoms with E-state index in [1.807, 2.05) is 38.1 Å². The van der Waals surface area contributed by atoms with Crippen LogP contribution < -0.4 is 14.2 Å². The van der Waals surface area contributed by atoms with Gasteiger partial charge < -0.3 is 9.47 Å². The Labute approximate surface area is 137 Å². The molecule has 0 bridgehead atoms. The lowest BCUT2D eigenvalue weighted by atomic mass is 10.2. The highest BCUT2D eigenvalue weighted by Gasteiger charge is 2.21. The van der Waals surface area contributed by atoms with Crippen molar-refractivity contribution in [3.63, 3.8) is 0 Å². The lowest BCUT2D eigenvalue weighted by Gasteiger charge is -2.14. The van der Waals surface area contributed by atoms with Crippen LogP contribution in [0.15, 0.2) is 41.3 Å². The molecule has 2 aromatic rings. The summed E-state index contributed by atoms with van der Waals surface area (Å²) in [4.78, 5) is 0.0644. The lowest BCUT2D eigenvalue weighted by molar-refractivity contribution is 0.390. The molecule has 0 heterocycles. The van der Waals surface area contributed by atoms with Gasteiger partial charge in [0.1, 0.15) is 16.4 Å². The normalized spacial score (nSPS) is 11.3. The fourth-order valence-electron chi connectivity index (χ4n) is 2.19. The molecule has 2 aromatic carbocycles. The van der Waals surface area contributed by atoms with E-state index in [9.17, 15) is 8.42 Å². The molecule has 2 rings (SSSR count). The van der Waals surface area contributed by atoms with Gasteiger partial charge in [-0.1, -0.05) is 29.8 Å². The number of sulfonamides is 1. The maximum atomic E-state index is 12.6. The second-order valence-corrected chi connectivity index (χ2v) is 7.02. The van der Waals surface area contributed by atoms with Crippen LogP contribution in [-0.4, -0.2) is 22.6 Å². The monoisotopic (exact) mass is 335 g/mol. The van der Waals surface area contributed by atoms with Crippen LogP contribution in [0.5, 0.6) is 11.5 Å². The van der Waals surface area contributed by atoms with Crippen LogP contribution >= 0.6 is 0 Å². The SMILES string of the molecule is COc1cc(S(=O)(=O)NCc2ccc(C)cc2)c(OC)cc1C. The highest BCUT2D eigenvalue weighted by Crippen LogP contribution is 2.31. The summed E-state index contributed by atoms with van der Waals surface area (Å²) in [5, 5.41) is 0. The van der Waals surface area contributed by atoms with Gasteiger partial charge in [0.25, 0.3) is 0 Å². The predicted octanol–water partition coefficient (Wildman–Crippen LogP) is 2.80. The average Bonchev–Trinajstić information content (AvgIpc) is 2.53. The molecular weight excluding hydrogens is 314 g/mol. The van der Waals surface area contributed by atoms with Crippen molar-refractivity contribution >= 4 is 10.0 Å². The van der Waals surface area contributed by atoms with Gasteiger partial charge in [0.15, 0.2) is 0 Å². The highest BCUT2D eigenvalue weighted by molar-refractivity contribution is 7.89. The van der Waals surface area contributed by atoms with E-state index in [1.54, 1.807) is 6.07 Å². The van der Waals surface area contributed by atoms with Gasteiger partial charge in [-0.2, -0.15) is 0 Å². The van der Waals surface area contributed by atoms with Gasteiger partial charge >= 0.3 is 0 Å². The van der Waals surface area contributed by atoms with Gasteiger partial charge in [0.2, 0.25) is 10.0 Å². The van der Waals surface area contributed by atoms with E-state index in [0.29, 0.717) is 11.5 Å². The van der Waals surface area contributed by atoms with Crippen molar-refractivity contribution in [1.82, 2.24) is 4.72 Å². The zero-order valence-electron chi connectivity index (χ0n) is 13.7. The maximum Gasteiger partial charge on any atom is 0.244 e. The highest BCUT2D eigenvalue weighted by atomic mass is 32.2. The smallest absolute Gasteiger partial charge is 0.244 e. The molecule has 124 valence electrons. The molecule has 1 N–H and O–H groups in total. The summed E-state index contributed by atoms with van der Waals surface area (Å²) < 4.78 is 38.2. The van der Waals surface area contributed by atoms with Crippen LogP contribution in [0.4, 0.5) is 0 Å². The van der Waals surface area contributed by atoms with E-state index in [1.165, 1.54) is 20.3 Å². The minimum atomic E-state index is -3.72. The predicted molar refractivity (Wildman–Crippen MR) is 89.5 cm³/mol. The Kier molecular flexibility index (Phi) is 5.28. The van der Waals surface area contributed by atoms with Gasteiger partial charge in [0, 0.05) is 12.6 Å². The molecule has 0 unspecified atom stereocenters. The third kappa shape index (κ3) is 4.03. The molecule has 0 saturated carbocycles. The van der Waals surface area contributed by atoms with Gasteiger partial charge in [-0.15, -0.1) is 0 Å². The van der Waals surface area contributed by atoms with E-state index in [-0.39, 0.29) is 11.4 Å². The first-order valence-corrected chi connectivity index (χ1v) is 8.63. The number of rotatable bonds is 6. The largest absolute Gasteiger partial charge is 0.496 e. The molecule has 0 aliphatic carbocycles. The molecule has 5 nitrogen and oxygen atoms in total. The van der Waals surface area contributed by atoms with Crippen molar-refractivity contribution in [3.8, 4) is 11.5 Å². The summed E-state index contributed by atoms with van der Waals surface area (Å²) in [5.41, 5.74) is 2.82. The Hall–Kier alpha value is -2.05. The first-order chi connectivity index (χ1) is 10.9. The summed E-state index contributed by atoms with van der Waals surface area (Å²) in [7, 11) is -0.766. The first-order valence-electron chi connectivity index (χ1n) is 7.15. The Morgan fingerprint density at radius 1 is 0.957 bits per heavy atom. The van der Waals surface area contributed by atoms with Crippen molar-refractivity contribution in [3.05, 3.63) is 53.1 Å². The molecule has 0 amide bonds. The van der Waals surface area contributed by atoms with Crippen LogP contribution in [0, 0.1) is 13.8 Å². The molecule has 0 spiro atoms. The topological polar surface area (TPSA) is 64.6 Å². The quantitative estimate of drug-likeness (QED) is 0.882. The third-order valence-corrected chi connectivity index (χ3v) is 4.98. The maximum absolute atomic E-state index is 12.6. The standard InChI is InChI=1S/C17H21NO4S/c1-12-5-7-14(8-6-12)11-18-23(19,20)17-10-15(21-3)13(2)9-16(17)22-4/h5-10,18H,11H2,1-4H3. The van der Waals surface area contributed by atoms with E-state index in [2.05, 4.69) is 4.72 Å². The number of methoxy groups -OCH3 is 2. The molecule has 0 aliphatic rings.